The van der Waals surface area contributed by atoms with Gasteiger partial charge in [0, 0.05) is 13.1 Å². The number of nitrogens with zero attached hydrogens (tertiary/aromatic N) is 1. The highest BCUT2D eigenvalue weighted by Crippen LogP contribution is 2.19. The van der Waals surface area contributed by atoms with Crippen molar-refractivity contribution in [2.45, 2.75) is 26.1 Å². The number of morpholine rings is 1. The maximum absolute atomic E-state index is 13.2. The van der Waals surface area contributed by atoms with Gasteiger partial charge in [0.2, 0.25) is 0 Å². The fourth-order valence-corrected chi connectivity index (χ4v) is 2.34. The number of benzene rings is 1. The molecule has 2 amide bonds. The molecule has 1 aromatic rings. The van der Waals surface area contributed by atoms with Crippen molar-refractivity contribution in [2.24, 2.45) is 0 Å². The van der Waals surface area contributed by atoms with Crippen LogP contribution in [0.1, 0.15) is 24.2 Å². The van der Waals surface area contributed by atoms with Crippen LogP contribution in [-0.2, 0) is 4.74 Å². The van der Waals surface area contributed by atoms with Crippen molar-refractivity contribution in [1.82, 2.24) is 4.90 Å². The van der Waals surface area contributed by atoms with Crippen LogP contribution in [0.15, 0.2) is 18.2 Å². The molecule has 0 unspecified atom stereocenters. The third-order valence-corrected chi connectivity index (χ3v) is 3.16. The van der Waals surface area contributed by atoms with Gasteiger partial charge in [-0.2, -0.15) is 0 Å². The number of hydrogen-bond donors (Lipinski definition) is 2. The van der Waals surface area contributed by atoms with Crippen LogP contribution >= 0.6 is 0 Å². The van der Waals surface area contributed by atoms with Crippen LogP contribution in [0.4, 0.5) is 14.9 Å². The van der Waals surface area contributed by atoms with Crippen LogP contribution in [0.25, 0.3) is 0 Å². The molecule has 2 rings (SSSR count). The van der Waals surface area contributed by atoms with Crippen LogP contribution in [0.5, 0.6) is 0 Å². The smallest absolute Gasteiger partial charge is 0.337 e. The SMILES string of the molecule is C[C@@H]1CN(C(=O)Nc2cc(F)ccc2C(=O)O)C[C@H](C)O1. The molecule has 0 radical (unpaired) electrons. The summed E-state index contributed by atoms with van der Waals surface area (Å²) in [5.41, 5.74) is -0.210. The van der Waals surface area contributed by atoms with E-state index in [1.54, 1.807) is 0 Å². The Kier molecular flexibility index (Phi) is 4.42. The largest absolute Gasteiger partial charge is 0.478 e. The van der Waals surface area contributed by atoms with E-state index in [0.717, 1.165) is 18.2 Å². The van der Waals surface area contributed by atoms with E-state index in [1.807, 2.05) is 13.8 Å². The fraction of sp³-hybridized carbons (Fsp3) is 0.429. The molecule has 7 heteroatoms. The standard InChI is InChI=1S/C14H17FN2O4/c1-8-6-17(7-9(2)21-8)14(20)16-12-5-10(15)3-4-11(12)13(18)19/h3-5,8-9H,6-7H2,1-2H3,(H,16,20)(H,18,19)/t8-,9+. The van der Waals surface area contributed by atoms with Crippen molar-refractivity contribution >= 4 is 17.7 Å². The molecular weight excluding hydrogens is 279 g/mol. The van der Waals surface area contributed by atoms with Gasteiger partial charge >= 0.3 is 12.0 Å². The molecule has 0 aliphatic carbocycles. The first kappa shape index (κ1) is 15.2. The number of carboxylic acid groups (broad SMARTS) is 1. The second-order valence-electron chi connectivity index (χ2n) is 5.09. The van der Waals surface area contributed by atoms with Gasteiger partial charge in [-0.05, 0) is 32.0 Å². The summed E-state index contributed by atoms with van der Waals surface area (Å²) >= 11 is 0. The average Bonchev–Trinajstić information content (AvgIpc) is 2.37. The Labute approximate surface area is 121 Å². The van der Waals surface area contributed by atoms with Gasteiger partial charge in [-0.25, -0.2) is 14.0 Å². The first-order valence-corrected chi connectivity index (χ1v) is 6.61. The number of carbonyl (C=O) groups excluding carboxylic acids is 1. The Morgan fingerprint density at radius 1 is 1.33 bits per heavy atom. The van der Waals surface area contributed by atoms with E-state index in [9.17, 15) is 14.0 Å². The summed E-state index contributed by atoms with van der Waals surface area (Å²) in [5.74, 6) is -1.84. The monoisotopic (exact) mass is 296 g/mol. The molecule has 1 heterocycles. The third kappa shape index (κ3) is 3.69. The molecule has 0 saturated carbocycles. The molecule has 1 aromatic carbocycles. The predicted molar refractivity (Wildman–Crippen MR) is 74.0 cm³/mol. The number of hydrogen-bond acceptors (Lipinski definition) is 3. The van der Waals surface area contributed by atoms with Gasteiger partial charge < -0.3 is 20.1 Å². The van der Waals surface area contributed by atoms with E-state index < -0.39 is 17.8 Å². The van der Waals surface area contributed by atoms with E-state index in [1.165, 1.54) is 4.90 Å². The molecule has 114 valence electrons. The van der Waals surface area contributed by atoms with Gasteiger partial charge in [0.25, 0.3) is 0 Å². The van der Waals surface area contributed by atoms with Gasteiger partial charge in [0.05, 0.1) is 23.5 Å². The molecule has 2 atom stereocenters. The van der Waals surface area contributed by atoms with Crippen LogP contribution in [0, 0.1) is 5.82 Å². The average molecular weight is 296 g/mol. The van der Waals surface area contributed by atoms with Gasteiger partial charge in [-0.3, -0.25) is 0 Å². The quantitative estimate of drug-likeness (QED) is 0.876. The predicted octanol–water partition coefficient (Wildman–Crippen LogP) is 2.17. The molecule has 0 bridgehead atoms. The first-order chi connectivity index (χ1) is 9.86. The number of anilines is 1. The van der Waals surface area contributed by atoms with Crippen molar-refractivity contribution in [2.75, 3.05) is 18.4 Å². The zero-order valence-corrected chi connectivity index (χ0v) is 11.8. The minimum atomic E-state index is -1.23. The van der Waals surface area contributed by atoms with Crippen LogP contribution in [0.3, 0.4) is 0 Å². The Hall–Kier alpha value is -2.15. The van der Waals surface area contributed by atoms with E-state index >= 15 is 0 Å². The maximum atomic E-state index is 13.2. The highest BCUT2D eigenvalue weighted by Gasteiger charge is 2.26. The lowest BCUT2D eigenvalue weighted by Gasteiger charge is -2.35. The summed E-state index contributed by atoms with van der Waals surface area (Å²) < 4.78 is 18.8. The summed E-state index contributed by atoms with van der Waals surface area (Å²) in [5, 5.41) is 11.5. The van der Waals surface area contributed by atoms with Crippen LogP contribution < -0.4 is 5.32 Å². The lowest BCUT2D eigenvalue weighted by molar-refractivity contribution is -0.0530. The molecule has 1 saturated heterocycles. The van der Waals surface area contributed by atoms with Crippen molar-refractivity contribution in [1.29, 1.82) is 0 Å². The molecule has 1 fully saturated rings. The number of ether oxygens (including phenoxy) is 1. The molecule has 0 spiro atoms. The lowest BCUT2D eigenvalue weighted by atomic mass is 10.1. The topological polar surface area (TPSA) is 78.9 Å². The Bertz CT molecular complexity index is 554. The van der Waals surface area contributed by atoms with Crippen molar-refractivity contribution in [3.63, 3.8) is 0 Å². The minimum Gasteiger partial charge on any atom is -0.478 e. The van der Waals surface area contributed by atoms with Gasteiger partial charge in [-0.1, -0.05) is 0 Å². The summed E-state index contributed by atoms with van der Waals surface area (Å²) in [4.78, 5) is 24.8. The number of nitrogens with one attached hydrogen (secondary N) is 1. The van der Waals surface area contributed by atoms with Crippen LogP contribution in [0.2, 0.25) is 0 Å². The summed E-state index contributed by atoms with van der Waals surface area (Å²) in [6.45, 7) is 4.49. The van der Waals surface area contributed by atoms with Gasteiger partial charge in [0.1, 0.15) is 5.82 Å². The fourth-order valence-electron chi connectivity index (χ4n) is 2.34. The molecule has 1 aliphatic heterocycles. The summed E-state index contributed by atoms with van der Waals surface area (Å²) in [6, 6.07) is 2.69. The molecule has 1 aliphatic rings. The second-order valence-corrected chi connectivity index (χ2v) is 5.09. The highest BCUT2D eigenvalue weighted by molar-refractivity contribution is 6.00. The third-order valence-electron chi connectivity index (χ3n) is 3.16. The normalized spacial score (nSPS) is 22.0. The number of aromatic carboxylic acids is 1. The lowest BCUT2D eigenvalue weighted by Crippen LogP contribution is -2.49. The maximum Gasteiger partial charge on any atom is 0.337 e. The summed E-state index contributed by atoms with van der Waals surface area (Å²) in [6.07, 6.45) is -0.211. The second kappa shape index (κ2) is 6.09. The number of rotatable bonds is 2. The molecule has 21 heavy (non-hydrogen) atoms. The number of carboxylic acids is 1. The van der Waals surface area contributed by atoms with E-state index in [-0.39, 0.29) is 23.5 Å². The number of urea groups is 1. The Balaban J connectivity index is 2.16. The van der Waals surface area contributed by atoms with Crippen molar-refractivity contribution in [3.8, 4) is 0 Å². The van der Waals surface area contributed by atoms with E-state index in [0.29, 0.717) is 13.1 Å². The van der Waals surface area contributed by atoms with Crippen molar-refractivity contribution in [3.05, 3.63) is 29.6 Å². The number of halogens is 1. The van der Waals surface area contributed by atoms with Gasteiger partial charge in [0.15, 0.2) is 0 Å². The molecule has 0 aromatic heterocycles. The van der Waals surface area contributed by atoms with E-state index in [4.69, 9.17) is 9.84 Å². The molecular formula is C14H17FN2O4. The molecule has 2 N–H and O–H groups in total. The van der Waals surface area contributed by atoms with E-state index in [2.05, 4.69) is 5.32 Å². The summed E-state index contributed by atoms with van der Waals surface area (Å²) in [7, 11) is 0. The number of carbonyl (C=O) groups is 2. The Morgan fingerprint density at radius 3 is 2.52 bits per heavy atom. The number of amides is 2. The Morgan fingerprint density at radius 2 is 1.95 bits per heavy atom. The minimum absolute atomic E-state index is 0.0562. The zero-order valence-electron chi connectivity index (χ0n) is 11.8. The molecule has 6 nitrogen and oxygen atoms in total. The van der Waals surface area contributed by atoms with Crippen molar-refractivity contribution < 1.29 is 23.8 Å². The highest BCUT2D eigenvalue weighted by atomic mass is 19.1. The first-order valence-electron chi connectivity index (χ1n) is 6.61. The van der Waals surface area contributed by atoms with Gasteiger partial charge in [-0.15, -0.1) is 0 Å². The zero-order chi connectivity index (χ0) is 15.6. The van der Waals surface area contributed by atoms with Crippen LogP contribution in [-0.4, -0.2) is 47.3 Å².